The fourth-order valence-electron chi connectivity index (χ4n) is 3.43. The Bertz CT molecular complexity index is 459. The van der Waals surface area contributed by atoms with E-state index >= 15 is 0 Å². The van der Waals surface area contributed by atoms with E-state index in [1.807, 2.05) is 0 Å². The number of piperidine rings is 1. The van der Waals surface area contributed by atoms with Crippen LogP contribution in [0.25, 0.3) is 0 Å². The first-order valence-corrected chi connectivity index (χ1v) is 10.4. The monoisotopic (exact) mass is 331 g/mol. The van der Waals surface area contributed by atoms with Gasteiger partial charge in [-0.25, -0.2) is 17.9 Å². The Balaban J connectivity index is 1.83. The molecule has 0 aromatic heterocycles. The van der Waals surface area contributed by atoms with Gasteiger partial charge >= 0.3 is 6.03 Å². The van der Waals surface area contributed by atoms with Crippen LogP contribution in [-0.4, -0.2) is 50.8 Å². The lowest BCUT2D eigenvalue weighted by atomic mass is 9.97. The zero-order valence-electron chi connectivity index (χ0n) is 13.5. The number of rotatable bonds is 3. The van der Waals surface area contributed by atoms with Crippen LogP contribution in [0, 0.1) is 0 Å². The van der Waals surface area contributed by atoms with E-state index in [0.29, 0.717) is 13.1 Å². The highest BCUT2D eigenvalue weighted by Crippen LogP contribution is 2.18. The van der Waals surface area contributed by atoms with Gasteiger partial charge < -0.3 is 10.2 Å². The van der Waals surface area contributed by atoms with Crippen LogP contribution in [0.3, 0.4) is 0 Å². The quantitative estimate of drug-likeness (QED) is 0.828. The number of nitrogens with one attached hydrogen (secondary N) is 2. The van der Waals surface area contributed by atoms with Crippen molar-refractivity contribution in [1.82, 2.24) is 14.9 Å². The van der Waals surface area contributed by atoms with Crippen molar-refractivity contribution in [3.63, 3.8) is 0 Å². The van der Waals surface area contributed by atoms with Gasteiger partial charge in [0.2, 0.25) is 10.0 Å². The second-order valence-corrected chi connectivity index (χ2v) is 8.45. The van der Waals surface area contributed by atoms with E-state index < -0.39 is 10.0 Å². The van der Waals surface area contributed by atoms with E-state index in [4.69, 9.17) is 0 Å². The van der Waals surface area contributed by atoms with Gasteiger partial charge in [0.25, 0.3) is 0 Å². The third-order valence-corrected chi connectivity index (χ3v) is 5.28. The summed E-state index contributed by atoms with van der Waals surface area (Å²) in [6.45, 7) is 1.17. The Morgan fingerprint density at radius 2 is 1.55 bits per heavy atom. The number of carbonyl (C=O) groups excluding carboxylic acids is 1. The molecule has 0 aromatic rings. The lowest BCUT2D eigenvalue weighted by molar-refractivity contribution is 0.171. The molecule has 1 heterocycles. The summed E-state index contributed by atoms with van der Waals surface area (Å²) >= 11 is 0. The molecule has 1 saturated heterocycles. The molecule has 0 radical (unpaired) electrons. The van der Waals surface area contributed by atoms with E-state index in [1.54, 1.807) is 4.90 Å². The molecule has 6 nitrogen and oxygen atoms in total. The summed E-state index contributed by atoms with van der Waals surface area (Å²) in [7, 11) is -3.22. The van der Waals surface area contributed by atoms with Crippen LogP contribution < -0.4 is 10.0 Å². The number of amides is 2. The van der Waals surface area contributed by atoms with E-state index in [0.717, 1.165) is 25.7 Å². The Kier molecular flexibility index (Phi) is 6.50. The lowest BCUT2D eigenvalue weighted by Crippen LogP contribution is -2.53. The average Bonchev–Trinajstić information content (AvgIpc) is 2.40. The zero-order valence-corrected chi connectivity index (χ0v) is 14.3. The van der Waals surface area contributed by atoms with Crippen LogP contribution >= 0.6 is 0 Å². The predicted octanol–water partition coefficient (Wildman–Crippen LogP) is 1.82. The normalized spacial score (nSPS) is 25.3. The van der Waals surface area contributed by atoms with Crippen molar-refractivity contribution in [3.05, 3.63) is 0 Å². The van der Waals surface area contributed by atoms with E-state index in [1.165, 1.54) is 38.4 Å². The molecule has 0 spiro atoms. The largest absolute Gasteiger partial charge is 0.335 e. The first kappa shape index (κ1) is 17.5. The summed E-state index contributed by atoms with van der Waals surface area (Å²) in [5.74, 6) is 0. The number of carbonyl (C=O) groups is 1. The molecule has 2 amide bonds. The number of hydrogen-bond donors (Lipinski definition) is 2. The van der Waals surface area contributed by atoms with Crippen LogP contribution in [0.1, 0.15) is 57.8 Å². The van der Waals surface area contributed by atoms with Gasteiger partial charge in [0.15, 0.2) is 0 Å². The molecule has 2 rings (SSSR count). The standard InChI is InChI=1S/C15H29N3O3S/c1-22(20,21)17-14-10-7-11-18(12-14)15(19)16-13-8-5-3-2-4-6-9-13/h13-14,17H,2-12H2,1H3,(H,16,19)/t14-/m1/s1. The van der Waals surface area contributed by atoms with Crippen LogP contribution in [0.15, 0.2) is 0 Å². The maximum absolute atomic E-state index is 12.4. The van der Waals surface area contributed by atoms with Crippen molar-refractivity contribution in [2.24, 2.45) is 0 Å². The van der Waals surface area contributed by atoms with Crippen molar-refractivity contribution in [2.45, 2.75) is 69.9 Å². The third kappa shape index (κ3) is 6.12. The third-order valence-electron chi connectivity index (χ3n) is 4.52. The molecule has 0 bridgehead atoms. The van der Waals surface area contributed by atoms with Crippen molar-refractivity contribution in [1.29, 1.82) is 0 Å². The van der Waals surface area contributed by atoms with Gasteiger partial charge in [-0.05, 0) is 25.7 Å². The molecule has 22 heavy (non-hydrogen) atoms. The van der Waals surface area contributed by atoms with Gasteiger partial charge in [0.05, 0.1) is 6.26 Å². The van der Waals surface area contributed by atoms with Crippen molar-refractivity contribution in [2.75, 3.05) is 19.3 Å². The van der Waals surface area contributed by atoms with Gasteiger partial charge in [0.1, 0.15) is 0 Å². The van der Waals surface area contributed by atoms with E-state index in [9.17, 15) is 13.2 Å². The number of sulfonamides is 1. The first-order valence-electron chi connectivity index (χ1n) is 8.47. The van der Waals surface area contributed by atoms with Crippen LogP contribution in [0.5, 0.6) is 0 Å². The summed E-state index contributed by atoms with van der Waals surface area (Å²) in [6, 6.07) is 0.0773. The van der Waals surface area contributed by atoms with E-state index in [2.05, 4.69) is 10.0 Å². The molecule has 7 heteroatoms. The maximum Gasteiger partial charge on any atom is 0.317 e. The highest BCUT2D eigenvalue weighted by Gasteiger charge is 2.26. The minimum atomic E-state index is -3.22. The average molecular weight is 331 g/mol. The molecule has 1 aliphatic carbocycles. The number of urea groups is 1. The molecule has 1 atom stereocenters. The number of nitrogens with zero attached hydrogens (tertiary/aromatic N) is 1. The second kappa shape index (κ2) is 8.15. The van der Waals surface area contributed by atoms with Crippen molar-refractivity contribution in [3.8, 4) is 0 Å². The highest BCUT2D eigenvalue weighted by atomic mass is 32.2. The lowest BCUT2D eigenvalue weighted by Gasteiger charge is -2.34. The predicted molar refractivity (Wildman–Crippen MR) is 87.2 cm³/mol. The smallest absolute Gasteiger partial charge is 0.317 e. The molecule has 2 fully saturated rings. The highest BCUT2D eigenvalue weighted by molar-refractivity contribution is 7.88. The molecule has 0 aromatic carbocycles. The topological polar surface area (TPSA) is 78.5 Å². The molecule has 1 saturated carbocycles. The molecule has 128 valence electrons. The Hall–Kier alpha value is -0.820. The second-order valence-electron chi connectivity index (χ2n) is 6.67. The van der Waals surface area contributed by atoms with Crippen molar-refractivity contribution >= 4 is 16.1 Å². The first-order chi connectivity index (χ1) is 10.4. The van der Waals surface area contributed by atoms with Crippen LogP contribution in [0.4, 0.5) is 4.79 Å². The number of likely N-dealkylation sites (tertiary alicyclic amines) is 1. The Morgan fingerprint density at radius 3 is 2.18 bits per heavy atom. The minimum Gasteiger partial charge on any atom is -0.335 e. The minimum absolute atomic E-state index is 0.0365. The molecular weight excluding hydrogens is 302 g/mol. The fraction of sp³-hybridized carbons (Fsp3) is 0.933. The fourth-order valence-corrected chi connectivity index (χ4v) is 4.22. The summed E-state index contributed by atoms with van der Waals surface area (Å²) in [5, 5.41) is 3.15. The van der Waals surface area contributed by atoms with Gasteiger partial charge in [-0.1, -0.05) is 32.1 Å². The summed E-state index contributed by atoms with van der Waals surface area (Å²) < 4.78 is 25.3. The summed E-state index contributed by atoms with van der Waals surface area (Å²) in [4.78, 5) is 14.2. The molecule has 2 aliphatic rings. The zero-order chi connectivity index (χ0) is 16.0. The van der Waals surface area contributed by atoms with Gasteiger partial charge in [-0.3, -0.25) is 0 Å². The molecule has 0 unspecified atom stereocenters. The SMILES string of the molecule is CS(=O)(=O)N[C@@H]1CCCN(C(=O)NC2CCCCCCC2)C1. The molecular formula is C15H29N3O3S. The summed E-state index contributed by atoms with van der Waals surface area (Å²) in [5.41, 5.74) is 0. The van der Waals surface area contributed by atoms with Gasteiger partial charge in [0, 0.05) is 25.2 Å². The van der Waals surface area contributed by atoms with Gasteiger partial charge in [-0.2, -0.15) is 0 Å². The van der Waals surface area contributed by atoms with Crippen molar-refractivity contribution < 1.29 is 13.2 Å². The molecule has 1 aliphatic heterocycles. The summed E-state index contributed by atoms with van der Waals surface area (Å²) in [6.07, 6.45) is 11.1. The van der Waals surface area contributed by atoms with Crippen LogP contribution in [-0.2, 0) is 10.0 Å². The van der Waals surface area contributed by atoms with Gasteiger partial charge in [-0.15, -0.1) is 0 Å². The Labute approximate surface area is 134 Å². The maximum atomic E-state index is 12.4. The molecule has 2 N–H and O–H groups in total. The van der Waals surface area contributed by atoms with Crippen LogP contribution in [0.2, 0.25) is 0 Å². The Morgan fingerprint density at radius 1 is 0.955 bits per heavy atom. The number of hydrogen-bond acceptors (Lipinski definition) is 3. The van der Waals surface area contributed by atoms with E-state index in [-0.39, 0.29) is 18.1 Å².